The fourth-order valence-electron chi connectivity index (χ4n) is 2.15. The lowest BCUT2D eigenvalue weighted by Gasteiger charge is -2.21. The molecule has 0 saturated heterocycles. The molecule has 0 aromatic carbocycles. The summed E-state index contributed by atoms with van der Waals surface area (Å²) in [7, 11) is 3.53. The van der Waals surface area contributed by atoms with Crippen molar-refractivity contribution < 1.29 is 17.9 Å². The van der Waals surface area contributed by atoms with E-state index in [1.165, 1.54) is 12.3 Å². The average Bonchev–Trinajstić information content (AvgIpc) is 3.07. The van der Waals surface area contributed by atoms with E-state index >= 15 is 0 Å². The average molecular weight is 500 g/mol. The molecule has 0 unspecified atom stereocenters. The van der Waals surface area contributed by atoms with Crippen molar-refractivity contribution in [2.24, 2.45) is 4.99 Å². The zero-order valence-electron chi connectivity index (χ0n) is 14.3. The summed E-state index contributed by atoms with van der Waals surface area (Å²) in [4.78, 5) is 9.73. The van der Waals surface area contributed by atoms with E-state index in [4.69, 9.17) is 4.74 Å². The highest BCUT2D eigenvalue weighted by Crippen LogP contribution is 2.34. The van der Waals surface area contributed by atoms with Crippen molar-refractivity contribution in [3.63, 3.8) is 0 Å². The van der Waals surface area contributed by atoms with Crippen LogP contribution in [0.4, 0.5) is 13.2 Å². The van der Waals surface area contributed by atoms with E-state index in [0.717, 1.165) is 11.6 Å². The molecular formula is C16H20F3IN4OS. The van der Waals surface area contributed by atoms with Gasteiger partial charge in [0.15, 0.2) is 5.96 Å². The van der Waals surface area contributed by atoms with Gasteiger partial charge in [-0.05, 0) is 34.5 Å². The van der Waals surface area contributed by atoms with E-state index in [2.05, 4.69) is 15.3 Å². The Kier molecular flexibility index (Phi) is 9.13. The number of halogens is 4. The second-order valence-electron chi connectivity index (χ2n) is 5.16. The Balaban J connectivity index is 0.00000338. The number of pyridine rings is 1. The molecule has 0 bridgehead atoms. The van der Waals surface area contributed by atoms with E-state index in [-0.39, 0.29) is 30.6 Å². The van der Waals surface area contributed by atoms with Gasteiger partial charge in [-0.3, -0.25) is 4.99 Å². The number of thiophene rings is 1. The van der Waals surface area contributed by atoms with E-state index in [0.29, 0.717) is 19.0 Å². The Morgan fingerprint density at radius 2 is 2.15 bits per heavy atom. The molecule has 0 radical (unpaired) electrons. The Morgan fingerprint density at radius 1 is 1.38 bits per heavy atom. The fourth-order valence-corrected chi connectivity index (χ4v) is 2.81. The highest BCUT2D eigenvalue weighted by molar-refractivity contribution is 14.0. The minimum atomic E-state index is -4.49. The first-order chi connectivity index (χ1) is 11.9. The summed E-state index contributed by atoms with van der Waals surface area (Å²) in [6.07, 6.45) is -3.22. The number of hydrogen-bond donors (Lipinski definition) is 1. The number of aliphatic imine (C=N–C) groups is 1. The van der Waals surface area contributed by atoms with Crippen molar-refractivity contribution >= 4 is 41.3 Å². The van der Waals surface area contributed by atoms with Gasteiger partial charge >= 0.3 is 6.18 Å². The monoisotopic (exact) mass is 500 g/mol. The topological polar surface area (TPSA) is 49.8 Å². The number of nitrogens with zero attached hydrogens (tertiary/aromatic N) is 3. The molecule has 26 heavy (non-hydrogen) atoms. The molecule has 5 nitrogen and oxygen atoms in total. The summed E-state index contributed by atoms with van der Waals surface area (Å²) in [5.74, 6) is 0.213. The summed E-state index contributed by atoms with van der Waals surface area (Å²) in [5, 5.41) is 7.10. The molecule has 2 heterocycles. The van der Waals surface area contributed by atoms with Crippen LogP contribution >= 0.6 is 35.3 Å². The van der Waals surface area contributed by atoms with Gasteiger partial charge in [-0.15, -0.1) is 24.0 Å². The smallest absolute Gasteiger partial charge is 0.421 e. The Morgan fingerprint density at radius 3 is 2.77 bits per heavy atom. The maximum absolute atomic E-state index is 12.9. The number of aromatic nitrogens is 1. The number of hydrogen-bond acceptors (Lipinski definition) is 4. The van der Waals surface area contributed by atoms with Crippen LogP contribution in [-0.2, 0) is 12.7 Å². The van der Waals surface area contributed by atoms with E-state index in [1.807, 2.05) is 28.8 Å². The Labute approximate surface area is 171 Å². The summed E-state index contributed by atoms with van der Waals surface area (Å²) in [6.45, 7) is 1.02. The predicted octanol–water partition coefficient (Wildman–Crippen LogP) is 3.87. The van der Waals surface area contributed by atoms with Crippen LogP contribution in [-0.4, -0.2) is 43.1 Å². The highest BCUT2D eigenvalue weighted by Gasteiger charge is 2.34. The molecule has 0 atom stereocenters. The van der Waals surface area contributed by atoms with Crippen molar-refractivity contribution in [2.45, 2.75) is 12.7 Å². The number of rotatable bonds is 6. The predicted molar refractivity (Wildman–Crippen MR) is 107 cm³/mol. The maximum atomic E-state index is 12.9. The Hall–Kier alpha value is -1.56. The van der Waals surface area contributed by atoms with E-state index < -0.39 is 17.6 Å². The molecule has 0 amide bonds. The van der Waals surface area contributed by atoms with Crippen LogP contribution in [0.25, 0.3) is 0 Å². The molecule has 2 rings (SSSR count). The first-order valence-corrected chi connectivity index (χ1v) is 8.44. The molecule has 0 saturated carbocycles. The SMILES string of the molecule is CN=C(NCCOc1ncccc1C(F)(F)F)N(C)Cc1ccsc1.I. The van der Waals surface area contributed by atoms with Crippen LogP contribution in [0.3, 0.4) is 0 Å². The third kappa shape index (κ3) is 6.63. The molecule has 10 heteroatoms. The zero-order chi connectivity index (χ0) is 18.3. The largest absolute Gasteiger partial charge is 0.475 e. The highest BCUT2D eigenvalue weighted by atomic mass is 127. The quantitative estimate of drug-likeness (QED) is 0.283. The molecule has 1 N–H and O–H groups in total. The lowest BCUT2D eigenvalue weighted by Crippen LogP contribution is -2.40. The van der Waals surface area contributed by atoms with Gasteiger partial charge in [-0.25, -0.2) is 4.98 Å². The van der Waals surface area contributed by atoms with Gasteiger partial charge in [0.25, 0.3) is 0 Å². The van der Waals surface area contributed by atoms with Gasteiger partial charge in [0.2, 0.25) is 5.88 Å². The first-order valence-electron chi connectivity index (χ1n) is 7.49. The second kappa shape index (κ2) is 10.6. The minimum Gasteiger partial charge on any atom is -0.475 e. The van der Waals surface area contributed by atoms with E-state index in [9.17, 15) is 13.2 Å². The number of nitrogens with one attached hydrogen (secondary N) is 1. The van der Waals surface area contributed by atoms with Crippen molar-refractivity contribution in [1.82, 2.24) is 15.2 Å². The second-order valence-corrected chi connectivity index (χ2v) is 5.94. The van der Waals surface area contributed by atoms with Gasteiger partial charge in [-0.1, -0.05) is 0 Å². The van der Waals surface area contributed by atoms with Crippen molar-refractivity contribution in [3.8, 4) is 5.88 Å². The van der Waals surface area contributed by atoms with Gasteiger partial charge in [0, 0.05) is 26.8 Å². The van der Waals surface area contributed by atoms with E-state index in [1.54, 1.807) is 18.4 Å². The summed E-state index contributed by atoms with van der Waals surface area (Å²) < 4.78 is 43.8. The van der Waals surface area contributed by atoms with Crippen LogP contribution in [0.5, 0.6) is 5.88 Å². The van der Waals surface area contributed by atoms with Crippen molar-refractivity contribution in [3.05, 3.63) is 46.3 Å². The molecule has 0 aliphatic heterocycles. The van der Waals surface area contributed by atoms with Crippen molar-refractivity contribution in [2.75, 3.05) is 27.2 Å². The minimum absolute atomic E-state index is 0. The summed E-state index contributed by atoms with van der Waals surface area (Å²) in [5.41, 5.74) is 0.281. The molecule has 0 spiro atoms. The fraction of sp³-hybridized carbons (Fsp3) is 0.375. The number of guanidine groups is 1. The van der Waals surface area contributed by atoms with Crippen molar-refractivity contribution in [1.29, 1.82) is 0 Å². The van der Waals surface area contributed by atoms with Crippen LogP contribution in [0.1, 0.15) is 11.1 Å². The van der Waals surface area contributed by atoms with Crippen LogP contribution in [0, 0.1) is 0 Å². The third-order valence-corrected chi connectivity index (χ3v) is 4.01. The molecule has 2 aromatic heterocycles. The Bertz CT molecular complexity index is 695. The molecular weight excluding hydrogens is 480 g/mol. The van der Waals surface area contributed by atoms with Crippen LogP contribution in [0.2, 0.25) is 0 Å². The normalized spacial score (nSPS) is 11.7. The number of ether oxygens (including phenoxy) is 1. The summed E-state index contributed by atoms with van der Waals surface area (Å²) in [6, 6.07) is 4.20. The van der Waals surface area contributed by atoms with Crippen LogP contribution < -0.4 is 10.1 Å². The first kappa shape index (κ1) is 22.5. The molecule has 144 valence electrons. The van der Waals surface area contributed by atoms with Gasteiger partial charge in [-0.2, -0.15) is 24.5 Å². The van der Waals surface area contributed by atoms with Gasteiger partial charge < -0.3 is 15.0 Å². The summed E-state index contributed by atoms with van der Waals surface area (Å²) >= 11 is 1.62. The third-order valence-electron chi connectivity index (χ3n) is 3.27. The molecule has 0 aliphatic carbocycles. The van der Waals surface area contributed by atoms with Gasteiger partial charge in [0.05, 0.1) is 6.54 Å². The standard InChI is InChI=1S/C16H19F3N4OS.HI/c1-20-15(23(2)10-12-5-9-25-11-12)22-7-8-24-14-13(16(17,18)19)4-3-6-21-14;/h3-6,9,11H,7-8,10H2,1-2H3,(H,20,22);1H. The lowest BCUT2D eigenvalue weighted by atomic mass is 10.2. The number of alkyl halides is 3. The zero-order valence-corrected chi connectivity index (χ0v) is 17.4. The maximum Gasteiger partial charge on any atom is 0.421 e. The molecule has 0 aliphatic rings. The lowest BCUT2D eigenvalue weighted by molar-refractivity contribution is -0.139. The molecule has 0 fully saturated rings. The molecule has 2 aromatic rings. The van der Waals surface area contributed by atoms with Crippen LogP contribution in [0.15, 0.2) is 40.1 Å². The van der Waals surface area contributed by atoms with Gasteiger partial charge in [0.1, 0.15) is 12.2 Å².